The van der Waals surface area contributed by atoms with Gasteiger partial charge in [-0.3, -0.25) is 14.4 Å². The molecule has 156 valence electrons. The number of amides is 3. The third kappa shape index (κ3) is 3.86. The second kappa shape index (κ2) is 8.76. The van der Waals surface area contributed by atoms with E-state index in [1.165, 1.54) is 12.0 Å². The molecule has 0 aromatic heterocycles. The van der Waals surface area contributed by atoms with Crippen LogP contribution in [-0.2, 0) is 9.53 Å². The lowest BCUT2D eigenvalue weighted by molar-refractivity contribution is -0.136. The number of rotatable bonds is 7. The molecule has 0 spiro atoms. The summed E-state index contributed by atoms with van der Waals surface area (Å²) in [4.78, 5) is 39.9. The summed E-state index contributed by atoms with van der Waals surface area (Å²) in [7, 11) is 1.52. The van der Waals surface area contributed by atoms with Crippen molar-refractivity contribution in [1.29, 1.82) is 0 Å². The van der Waals surface area contributed by atoms with E-state index in [-0.39, 0.29) is 42.7 Å². The molecule has 3 amide bonds. The van der Waals surface area contributed by atoms with Crippen LogP contribution in [0.15, 0.2) is 48.5 Å². The average molecular weight is 428 g/mol. The minimum Gasteiger partial charge on any atom is -0.493 e. The van der Waals surface area contributed by atoms with Crippen molar-refractivity contribution in [2.45, 2.75) is 6.23 Å². The summed E-state index contributed by atoms with van der Waals surface area (Å²) >= 11 is 0.955. The molecule has 9 heteroatoms. The Labute approximate surface area is 177 Å². The number of methoxy groups -OCH3 is 1. The maximum absolute atomic E-state index is 12.8. The van der Waals surface area contributed by atoms with Gasteiger partial charge in [0.1, 0.15) is 0 Å². The molecule has 0 saturated carbocycles. The van der Waals surface area contributed by atoms with Crippen LogP contribution < -0.4 is 9.47 Å². The predicted molar refractivity (Wildman–Crippen MR) is 109 cm³/mol. The van der Waals surface area contributed by atoms with Gasteiger partial charge in [-0.1, -0.05) is 48.2 Å². The molecule has 2 aliphatic heterocycles. The first kappa shape index (κ1) is 20.2. The number of fused-ring (bicyclic) bond motifs is 1. The summed E-state index contributed by atoms with van der Waals surface area (Å²) < 4.78 is 16.9. The molecule has 0 radical (unpaired) electrons. The van der Waals surface area contributed by atoms with Crippen LogP contribution in [0.25, 0.3) is 0 Å². The van der Waals surface area contributed by atoms with Gasteiger partial charge >= 0.3 is 0 Å². The van der Waals surface area contributed by atoms with Crippen LogP contribution in [0, 0.1) is 0 Å². The summed E-state index contributed by atoms with van der Waals surface area (Å²) in [6, 6.07) is 14.2. The van der Waals surface area contributed by atoms with Crippen LogP contribution in [-0.4, -0.2) is 59.6 Å². The van der Waals surface area contributed by atoms with Gasteiger partial charge in [-0.15, -0.1) is 0 Å². The van der Waals surface area contributed by atoms with Crippen molar-refractivity contribution < 1.29 is 28.6 Å². The number of thioether (sulfide) groups is 1. The Morgan fingerprint density at radius 2 is 1.90 bits per heavy atom. The fraction of sp³-hybridized carbons (Fsp3) is 0.286. The summed E-state index contributed by atoms with van der Waals surface area (Å²) in [5, 5.41) is -0.341. The zero-order valence-electron chi connectivity index (χ0n) is 16.3. The minimum absolute atomic E-state index is 0.0585. The molecule has 30 heavy (non-hydrogen) atoms. The van der Waals surface area contributed by atoms with Gasteiger partial charge < -0.3 is 19.1 Å². The molecule has 1 atom stereocenters. The van der Waals surface area contributed by atoms with Crippen LogP contribution >= 0.6 is 11.8 Å². The Morgan fingerprint density at radius 3 is 2.60 bits per heavy atom. The van der Waals surface area contributed by atoms with Gasteiger partial charge in [-0.05, 0) is 12.1 Å². The molecule has 4 rings (SSSR count). The van der Waals surface area contributed by atoms with Crippen LogP contribution in [0.2, 0.25) is 0 Å². The number of ether oxygens (including phenoxy) is 3. The topological polar surface area (TPSA) is 85.4 Å². The van der Waals surface area contributed by atoms with E-state index in [0.29, 0.717) is 22.6 Å². The predicted octanol–water partition coefficient (Wildman–Crippen LogP) is 2.90. The van der Waals surface area contributed by atoms with Crippen LogP contribution in [0.4, 0.5) is 4.79 Å². The highest BCUT2D eigenvalue weighted by atomic mass is 32.2. The Kier molecular flexibility index (Phi) is 5.91. The number of imide groups is 1. The fourth-order valence-electron chi connectivity index (χ4n) is 3.33. The second-order valence-electron chi connectivity index (χ2n) is 6.63. The smallest absolute Gasteiger partial charge is 0.291 e. The summed E-state index contributed by atoms with van der Waals surface area (Å²) in [6.07, 6.45) is -0.839. The number of hydrogen-bond donors (Lipinski definition) is 0. The monoisotopic (exact) mass is 428 g/mol. The van der Waals surface area contributed by atoms with Crippen LogP contribution in [0.1, 0.15) is 22.1 Å². The normalized spacial score (nSPS) is 17.0. The number of para-hydroxylation sites is 1. The molecule has 2 heterocycles. The Morgan fingerprint density at radius 1 is 1.10 bits per heavy atom. The summed E-state index contributed by atoms with van der Waals surface area (Å²) in [6.45, 7) is 0.418. The minimum atomic E-state index is -0.839. The highest BCUT2D eigenvalue weighted by molar-refractivity contribution is 8.14. The standard InChI is InChI=1S/C21H20N2O6S/c1-27-16-9-5-8-15-18(16)29-13-22(19(15)25)10-11-28-20(14-6-3-2-4-7-14)23-17(24)12-30-21(23)26/h2-9,20H,10-13H2,1H3. The fourth-order valence-corrected chi connectivity index (χ4v) is 4.06. The van der Waals surface area contributed by atoms with Gasteiger partial charge in [0.25, 0.3) is 11.1 Å². The van der Waals surface area contributed by atoms with Gasteiger partial charge in [0.05, 0.1) is 25.0 Å². The van der Waals surface area contributed by atoms with E-state index in [1.54, 1.807) is 30.3 Å². The molecular formula is C21H20N2O6S. The molecular weight excluding hydrogens is 408 g/mol. The van der Waals surface area contributed by atoms with Gasteiger partial charge in [0.2, 0.25) is 5.91 Å². The molecule has 1 fully saturated rings. The van der Waals surface area contributed by atoms with Crippen molar-refractivity contribution >= 4 is 28.8 Å². The Balaban J connectivity index is 1.45. The first-order chi connectivity index (χ1) is 14.6. The molecule has 1 unspecified atom stereocenters. The van der Waals surface area contributed by atoms with Gasteiger partial charge in [-0.2, -0.15) is 0 Å². The molecule has 8 nitrogen and oxygen atoms in total. The molecule has 0 N–H and O–H groups in total. The first-order valence-corrected chi connectivity index (χ1v) is 10.3. The number of benzene rings is 2. The van der Waals surface area contributed by atoms with E-state index in [2.05, 4.69) is 0 Å². The molecule has 2 aromatic rings. The largest absolute Gasteiger partial charge is 0.493 e. The lowest BCUT2D eigenvalue weighted by Gasteiger charge is -2.31. The summed E-state index contributed by atoms with van der Waals surface area (Å²) in [5.74, 6) is 0.540. The molecule has 2 aliphatic rings. The van der Waals surface area contributed by atoms with Crippen LogP contribution in [0.3, 0.4) is 0 Å². The van der Waals surface area contributed by atoms with Gasteiger partial charge in [-0.25, -0.2) is 4.90 Å². The van der Waals surface area contributed by atoms with Crippen molar-refractivity contribution in [2.75, 3.05) is 32.7 Å². The highest BCUT2D eigenvalue weighted by Crippen LogP contribution is 2.35. The SMILES string of the molecule is COc1cccc2c1OCN(CCOC(c1ccccc1)N1C(=O)CSC1=O)C2=O. The maximum Gasteiger partial charge on any atom is 0.291 e. The van der Waals surface area contributed by atoms with E-state index in [0.717, 1.165) is 16.7 Å². The zero-order chi connectivity index (χ0) is 21.1. The Hall–Kier alpha value is -3.04. The lowest BCUT2D eigenvalue weighted by atomic mass is 10.1. The van der Waals surface area contributed by atoms with Crippen molar-refractivity contribution in [3.63, 3.8) is 0 Å². The second-order valence-corrected chi connectivity index (χ2v) is 7.56. The molecule has 1 saturated heterocycles. The number of nitrogens with zero attached hydrogens (tertiary/aromatic N) is 2. The van der Waals surface area contributed by atoms with Gasteiger partial charge in [0.15, 0.2) is 24.5 Å². The molecule has 0 bridgehead atoms. The van der Waals surface area contributed by atoms with E-state index < -0.39 is 6.23 Å². The first-order valence-electron chi connectivity index (χ1n) is 9.34. The lowest BCUT2D eigenvalue weighted by Crippen LogP contribution is -2.42. The van der Waals surface area contributed by atoms with E-state index in [1.807, 2.05) is 18.2 Å². The maximum atomic E-state index is 12.8. The number of carbonyl (C=O) groups is 3. The molecule has 0 aliphatic carbocycles. The van der Waals surface area contributed by atoms with Crippen molar-refractivity contribution in [3.05, 3.63) is 59.7 Å². The third-order valence-corrected chi connectivity index (χ3v) is 5.66. The average Bonchev–Trinajstić information content (AvgIpc) is 3.11. The highest BCUT2D eigenvalue weighted by Gasteiger charge is 2.37. The molecule has 2 aromatic carbocycles. The summed E-state index contributed by atoms with van der Waals surface area (Å²) in [5.41, 5.74) is 1.11. The third-order valence-electron chi connectivity index (χ3n) is 4.82. The van der Waals surface area contributed by atoms with Crippen LogP contribution in [0.5, 0.6) is 11.5 Å². The van der Waals surface area contributed by atoms with E-state index >= 15 is 0 Å². The van der Waals surface area contributed by atoms with Gasteiger partial charge in [0, 0.05) is 12.1 Å². The quantitative estimate of drug-likeness (QED) is 0.670. The van der Waals surface area contributed by atoms with E-state index in [9.17, 15) is 14.4 Å². The number of hydrogen-bond acceptors (Lipinski definition) is 7. The van der Waals surface area contributed by atoms with Crippen molar-refractivity contribution in [3.8, 4) is 11.5 Å². The zero-order valence-corrected chi connectivity index (χ0v) is 17.1. The van der Waals surface area contributed by atoms with E-state index in [4.69, 9.17) is 14.2 Å². The Bertz CT molecular complexity index is 951. The van der Waals surface area contributed by atoms with Crippen molar-refractivity contribution in [2.24, 2.45) is 0 Å². The number of carbonyl (C=O) groups excluding carboxylic acids is 3. The van der Waals surface area contributed by atoms with Crippen molar-refractivity contribution in [1.82, 2.24) is 9.80 Å².